The van der Waals surface area contributed by atoms with Gasteiger partial charge in [0.1, 0.15) is 0 Å². The van der Waals surface area contributed by atoms with E-state index in [9.17, 15) is 4.79 Å². The van der Waals surface area contributed by atoms with Gasteiger partial charge in [-0.3, -0.25) is 4.79 Å². The monoisotopic (exact) mass is 227 g/mol. The molecule has 0 radical (unpaired) electrons. The van der Waals surface area contributed by atoms with Crippen LogP contribution in [0.5, 0.6) is 0 Å². The van der Waals surface area contributed by atoms with Gasteiger partial charge in [0.05, 0.1) is 0 Å². The molecule has 2 aliphatic heterocycles. The molecule has 3 rings (SSSR count). The zero-order valence-electron chi connectivity index (χ0n) is 9.16. The number of fused-ring (bicyclic) bond motifs is 2. The first-order valence-corrected chi connectivity index (χ1v) is 6.56. The molecule has 3 aliphatic rings. The maximum atomic E-state index is 12.2. The third-order valence-corrected chi connectivity index (χ3v) is 4.71. The molecule has 0 aromatic heterocycles. The molecule has 3 fully saturated rings. The summed E-state index contributed by atoms with van der Waals surface area (Å²) in [5.74, 6) is 1.41. The summed E-state index contributed by atoms with van der Waals surface area (Å²) in [6, 6.07) is 0.929. The van der Waals surface area contributed by atoms with Crippen LogP contribution in [0.15, 0.2) is 0 Å². The first kappa shape index (κ1) is 9.95. The zero-order valence-corrected chi connectivity index (χ0v) is 9.91. The van der Waals surface area contributed by atoms with Gasteiger partial charge in [-0.15, -0.1) is 11.6 Å². The topological polar surface area (TPSA) is 20.3 Å². The number of carbonyl (C=O) groups excluding carboxylic acids is 1. The fourth-order valence-electron chi connectivity index (χ4n) is 3.33. The Morgan fingerprint density at radius 3 is 2.20 bits per heavy atom. The van der Waals surface area contributed by atoms with Gasteiger partial charge in [0.15, 0.2) is 0 Å². The van der Waals surface area contributed by atoms with Crippen LogP contribution in [0.3, 0.4) is 0 Å². The van der Waals surface area contributed by atoms with Crippen molar-refractivity contribution in [2.24, 2.45) is 11.8 Å². The third-order valence-electron chi connectivity index (χ3n) is 4.36. The zero-order chi connectivity index (χ0) is 10.6. The van der Waals surface area contributed by atoms with Crippen molar-refractivity contribution in [1.29, 1.82) is 0 Å². The van der Waals surface area contributed by atoms with Crippen LogP contribution in [0, 0.1) is 11.8 Å². The lowest BCUT2D eigenvalue weighted by atomic mass is 10.0. The van der Waals surface area contributed by atoms with Crippen LogP contribution in [0.2, 0.25) is 0 Å². The first-order valence-electron chi connectivity index (χ1n) is 6.13. The SMILES string of the molecule is CC1CC1C(=O)N1C2CCC1CC(Cl)C2. The number of nitrogens with zero attached hydrogens (tertiary/aromatic N) is 1. The highest BCUT2D eigenvalue weighted by molar-refractivity contribution is 6.20. The normalized spacial score (nSPS) is 48.1. The van der Waals surface area contributed by atoms with Crippen molar-refractivity contribution in [1.82, 2.24) is 4.90 Å². The Balaban J connectivity index is 1.74. The van der Waals surface area contributed by atoms with Crippen molar-refractivity contribution in [2.45, 2.75) is 56.5 Å². The van der Waals surface area contributed by atoms with E-state index in [-0.39, 0.29) is 0 Å². The second-order valence-corrected chi connectivity index (χ2v) is 6.14. The van der Waals surface area contributed by atoms with Crippen molar-refractivity contribution in [3.63, 3.8) is 0 Å². The predicted octanol–water partition coefficient (Wildman–Crippen LogP) is 2.40. The van der Waals surface area contributed by atoms with Crippen LogP contribution < -0.4 is 0 Å². The lowest BCUT2D eigenvalue weighted by molar-refractivity contribution is -0.137. The minimum Gasteiger partial charge on any atom is -0.336 e. The highest BCUT2D eigenvalue weighted by Gasteiger charge is 2.49. The molecule has 0 aromatic rings. The van der Waals surface area contributed by atoms with E-state index >= 15 is 0 Å². The Morgan fingerprint density at radius 2 is 1.73 bits per heavy atom. The highest BCUT2D eigenvalue weighted by Crippen LogP contribution is 2.45. The summed E-state index contributed by atoms with van der Waals surface area (Å²) >= 11 is 6.20. The Bertz CT molecular complexity index is 279. The average Bonchev–Trinajstić information content (AvgIpc) is 2.84. The smallest absolute Gasteiger partial charge is 0.226 e. The highest BCUT2D eigenvalue weighted by atomic mass is 35.5. The molecule has 1 amide bonds. The van der Waals surface area contributed by atoms with Crippen molar-refractivity contribution >= 4 is 17.5 Å². The number of piperidine rings is 1. The molecular weight excluding hydrogens is 210 g/mol. The number of carbonyl (C=O) groups is 1. The van der Waals surface area contributed by atoms with Crippen molar-refractivity contribution in [2.75, 3.05) is 0 Å². The molecule has 1 aliphatic carbocycles. The Labute approximate surface area is 96.0 Å². The van der Waals surface area contributed by atoms with Crippen LogP contribution in [-0.2, 0) is 4.79 Å². The molecule has 0 N–H and O–H groups in total. The predicted molar refractivity (Wildman–Crippen MR) is 59.8 cm³/mol. The summed E-state index contributed by atoms with van der Waals surface area (Å²) < 4.78 is 0. The maximum Gasteiger partial charge on any atom is 0.226 e. The molecule has 15 heavy (non-hydrogen) atoms. The molecule has 0 spiro atoms. The fraction of sp³-hybridized carbons (Fsp3) is 0.917. The summed E-state index contributed by atoms with van der Waals surface area (Å²) in [5.41, 5.74) is 0. The van der Waals surface area contributed by atoms with E-state index in [2.05, 4.69) is 11.8 Å². The van der Waals surface area contributed by atoms with Crippen molar-refractivity contribution in [3.05, 3.63) is 0 Å². The maximum absolute atomic E-state index is 12.2. The first-order chi connectivity index (χ1) is 7.16. The lowest BCUT2D eigenvalue weighted by Crippen LogP contribution is -2.47. The van der Waals surface area contributed by atoms with E-state index in [1.54, 1.807) is 0 Å². The Morgan fingerprint density at radius 1 is 1.20 bits per heavy atom. The summed E-state index contributed by atoms with van der Waals surface area (Å²) in [4.78, 5) is 14.4. The molecule has 2 nitrogen and oxygen atoms in total. The second-order valence-electron chi connectivity index (χ2n) is 5.52. The molecule has 2 bridgehead atoms. The Hall–Kier alpha value is -0.240. The molecule has 1 saturated carbocycles. The van der Waals surface area contributed by atoms with Gasteiger partial charge in [-0.25, -0.2) is 0 Å². The van der Waals surface area contributed by atoms with Crippen LogP contribution in [0.4, 0.5) is 0 Å². The molecule has 4 unspecified atom stereocenters. The fourth-order valence-corrected chi connectivity index (χ4v) is 3.74. The molecule has 84 valence electrons. The van der Waals surface area contributed by atoms with Crippen LogP contribution >= 0.6 is 11.6 Å². The van der Waals surface area contributed by atoms with Gasteiger partial charge in [0.2, 0.25) is 5.91 Å². The van der Waals surface area contributed by atoms with E-state index in [0.717, 1.165) is 19.3 Å². The Kier molecular flexibility index (Phi) is 2.24. The lowest BCUT2D eigenvalue weighted by Gasteiger charge is -2.37. The average molecular weight is 228 g/mol. The van der Waals surface area contributed by atoms with Gasteiger partial charge in [0, 0.05) is 23.4 Å². The summed E-state index contributed by atoms with van der Waals surface area (Å²) in [6.45, 7) is 2.18. The molecule has 0 aromatic carbocycles. The van der Waals surface area contributed by atoms with E-state index in [1.807, 2.05) is 0 Å². The second kappa shape index (κ2) is 3.38. The summed E-state index contributed by atoms with van der Waals surface area (Å²) in [5, 5.41) is 0.308. The van der Waals surface area contributed by atoms with Crippen molar-refractivity contribution < 1.29 is 4.79 Å². The summed E-state index contributed by atoms with van der Waals surface area (Å²) in [6.07, 6.45) is 5.51. The van der Waals surface area contributed by atoms with Crippen molar-refractivity contribution in [3.8, 4) is 0 Å². The van der Waals surface area contributed by atoms with Gasteiger partial charge < -0.3 is 4.90 Å². The minimum absolute atomic E-state index is 0.308. The molecule has 4 atom stereocenters. The standard InChI is InChI=1S/C12H18ClNO/c1-7-4-11(7)12(15)14-9-2-3-10(14)6-8(13)5-9/h7-11H,2-6H2,1H3. The van der Waals surface area contributed by atoms with Gasteiger partial charge in [-0.05, 0) is 38.0 Å². The van der Waals surface area contributed by atoms with Gasteiger partial charge in [0.25, 0.3) is 0 Å². The minimum atomic E-state index is 0.308. The largest absolute Gasteiger partial charge is 0.336 e. The number of halogens is 1. The van der Waals surface area contributed by atoms with Crippen LogP contribution in [0.25, 0.3) is 0 Å². The quantitative estimate of drug-likeness (QED) is 0.630. The van der Waals surface area contributed by atoms with E-state index in [1.165, 1.54) is 12.8 Å². The molecule has 2 saturated heterocycles. The van der Waals surface area contributed by atoms with Gasteiger partial charge in [-0.1, -0.05) is 6.92 Å². The summed E-state index contributed by atoms with van der Waals surface area (Å²) in [7, 11) is 0. The van der Waals surface area contributed by atoms with E-state index in [4.69, 9.17) is 11.6 Å². The van der Waals surface area contributed by atoms with Gasteiger partial charge in [-0.2, -0.15) is 0 Å². The number of hydrogen-bond donors (Lipinski definition) is 0. The van der Waals surface area contributed by atoms with E-state index < -0.39 is 0 Å². The molecule has 3 heteroatoms. The molecular formula is C12H18ClNO. The third kappa shape index (κ3) is 1.57. The number of rotatable bonds is 1. The van der Waals surface area contributed by atoms with Crippen LogP contribution in [-0.4, -0.2) is 28.3 Å². The number of hydrogen-bond acceptors (Lipinski definition) is 1. The van der Waals surface area contributed by atoms with Crippen LogP contribution in [0.1, 0.15) is 39.0 Å². The molecule has 2 heterocycles. The van der Waals surface area contributed by atoms with Gasteiger partial charge >= 0.3 is 0 Å². The number of alkyl halides is 1. The van der Waals surface area contributed by atoms with E-state index in [0.29, 0.717) is 35.2 Å². The number of amides is 1.